The first kappa shape index (κ1) is 56.8. The summed E-state index contributed by atoms with van der Waals surface area (Å²) in [4.78, 5) is 4.75. The van der Waals surface area contributed by atoms with Crippen LogP contribution >= 0.6 is 0 Å². The molecule has 5 nitrogen and oxygen atoms in total. The van der Waals surface area contributed by atoms with Gasteiger partial charge in [-0.3, -0.25) is 0 Å². The molecular formula is C92H61N3O2. The van der Waals surface area contributed by atoms with Crippen LogP contribution in [0.25, 0.3) is 137 Å². The van der Waals surface area contributed by atoms with Crippen LogP contribution in [-0.4, -0.2) is 4.57 Å². The van der Waals surface area contributed by atoms with Gasteiger partial charge in [-0.15, -0.1) is 0 Å². The first-order valence-electron chi connectivity index (χ1n) is 33.0. The van der Waals surface area contributed by atoms with Gasteiger partial charge < -0.3 is 23.2 Å². The van der Waals surface area contributed by atoms with Crippen LogP contribution in [-0.2, 0) is 0 Å². The van der Waals surface area contributed by atoms with Gasteiger partial charge >= 0.3 is 0 Å². The lowest BCUT2D eigenvalue weighted by Gasteiger charge is -2.28. The molecule has 0 bridgehead atoms. The molecule has 0 atom stereocenters. The molecule has 0 amide bonds. The molecule has 0 saturated carbocycles. The molecule has 3 heterocycles. The van der Waals surface area contributed by atoms with Crippen LogP contribution in [0.5, 0.6) is 0 Å². The maximum Gasteiger partial charge on any atom is 0.136 e. The maximum atomic E-state index is 6.22. The van der Waals surface area contributed by atoms with E-state index in [2.05, 4.69) is 360 Å². The van der Waals surface area contributed by atoms with E-state index in [1.165, 1.54) is 71.2 Å². The molecular weight excluding hydrogens is 1180 g/mol. The van der Waals surface area contributed by atoms with Crippen molar-refractivity contribution in [2.24, 2.45) is 0 Å². The molecule has 0 aliphatic carbocycles. The SMILES string of the molecule is c1ccc(-c2ccc(N(c3ccc(-c4cccc5oc6ccccc6c45)cc3)c3cc4ccccc4c4ccccc34)cc2)cc1.c1ccc(-c2ccc(N(c3ccc(-c4cccc5oc6ccccc6c45)cc3)c3ccc4c(c3)c3ccccc3n4-c3ccccc3)cc2)cc1. The number of hydrogen-bond donors (Lipinski definition) is 0. The zero-order valence-corrected chi connectivity index (χ0v) is 52.9. The van der Waals surface area contributed by atoms with Crippen LogP contribution < -0.4 is 9.80 Å². The predicted octanol–water partition coefficient (Wildman–Crippen LogP) is 26.2. The van der Waals surface area contributed by atoms with Crippen molar-refractivity contribution in [3.05, 3.63) is 370 Å². The third kappa shape index (κ3) is 10.2. The number of rotatable bonds is 11. The van der Waals surface area contributed by atoms with Crippen LogP contribution in [0, 0.1) is 0 Å². The molecule has 0 radical (unpaired) electrons. The summed E-state index contributed by atoms with van der Waals surface area (Å²) >= 11 is 0. The Morgan fingerprint density at radius 3 is 1.13 bits per heavy atom. The average molecular weight is 1240 g/mol. The summed E-state index contributed by atoms with van der Waals surface area (Å²) in [5.41, 5.74) is 23.2. The summed E-state index contributed by atoms with van der Waals surface area (Å²) in [6, 6.07) is 132. The molecule has 0 aliphatic rings. The van der Waals surface area contributed by atoms with Gasteiger partial charge in [0.25, 0.3) is 0 Å². The van der Waals surface area contributed by atoms with E-state index in [4.69, 9.17) is 8.83 Å². The summed E-state index contributed by atoms with van der Waals surface area (Å²) < 4.78 is 14.8. The molecule has 19 aromatic rings. The molecule has 0 unspecified atom stereocenters. The Morgan fingerprint density at radius 2 is 0.598 bits per heavy atom. The van der Waals surface area contributed by atoms with Gasteiger partial charge in [0, 0.05) is 71.8 Å². The Bertz CT molecular complexity index is 6090. The summed E-state index contributed by atoms with van der Waals surface area (Å²) in [6.45, 7) is 0. The van der Waals surface area contributed by atoms with Gasteiger partial charge in [0.05, 0.1) is 16.7 Å². The first-order chi connectivity index (χ1) is 48.1. The molecule has 0 saturated heterocycles. The van der Waals surface area contributed by atoms with E-state index in [9.17, 15) is 0 Å². The lowest BCUT2D eigenvalue weighted by molar-refractivity contribution is 0.668. The van der Waals surface area contributed by atoms with Crippen LogP contribution in [0.4, 0.5) is 34.1 Å². The highest BCUT2D eigenvalue weighted by atomic mass is 16.3. The zero-order chi connectivity index (χ0) is 64.2. The molecule has 456 valence electrons. The summed E-state index contributed by atoms with van der Waals surface area (Å²) in [6.07, 6.45) is 0. The third-order valence-corrected chi connectivity index (χ3v) is 19.1. The number of benzene rings is 16. The van der Waals surface area contributed by atoms with E-state index in [1.807, 2.05) is 24.3 Å². The van der Waals surface area contributed by atoms with Gasteiger partial charge in [-0.1, -0.05) is 255 Å². The van der Waals surface area contributed by atoms with E-state index in [-0.39, 0.29) is 0 Å². The minimum atomic E-state index is 0.904. The Labute approximate surface area is 561 Å². The van der Waals surface area contributed by atoms with Crippen molar-refractivity contribution < 1.29 is 8.83 Å². The number of furan rings is 2. The molecule has 16 aromatic carbocycles. The van der Waals surface area contributed by atoms with E-state index in [0.29, 0.717) is 0 Å². The van der Waals surface area contributed by atoms with Crippen molar-refractivity contribution in [2.75, 3.05) is 9.80 Å². The van der Waals surface area contributed by atoms with Crippen molar-refractivity contribution in [3.8, 4) is 50.2 Å². The largest absolute Gasteiger partial charge is 0.456 e. The fraction of sp³-hybridized carbons (Fsp3) is 0. The number of aromatic nitrogens is 1. The molecule has 5 heteroatoms. The number of para-hydroxylation sites is 4. The normalized spacial score (nSPS) is 11.5. The number of fused-ring (bicyclic) bond motifs is 12. The first-order valence-corrected chi connectivity index (χ1v) is 33.0. The number of anilines is 6. The van der Waals surface area contributed by atoms with Gasteiger partial charge in [0.1, 0.15) is 22.3 Å². The highest BCUT2D eigenvalue weighted by Gasteiger charge is 2.22. The molecule has 0 spiro atoms. The van der Waals surface area contributed by atoms with Crippen molar-refractivity contribution in [3.63, 3.8) is 0 Å². The second-order valence-corrected chi connectivity index (χ2v) is 24.7. The predicted molar refractivity (Wildman–Crippen MR) is 408 cm³/mol. The van der Waals surface area contributed by atoms with Gasteiger partial charge in [0.2, 0.25) is 0 Å². The third-order valence-electron chi connectivity index (χ3n) is 19.1. The fourth-order valence-corrected chi connectivity index (χ4v) is 14.5. The van der Waals surface area contributed by atoms with Gasteiger partial charge in [0.15, 0.2) is 0 Å². The van der Waals surface area contributed by atoms with E-state index in [1.54, 1.807) is 0 Å². The smallest absolute Gasteiger partial charge is 0.136 e. The van der Waals surface area contributed by atoms with E-state index in [0.717, 1.165) is 100 Å². The summed E-state index contributed by atoms with van der Waals surface area (Å²) in [7, 11) is 0. The quantitative estimate of drug-likeness (QED) is 0.121. The standard InChI is InChI=1S/C48H32N2O.C44H29NO/c1-3-12-33(13-4-1)34-22-26-37(27-23-34)49(38-28-24-35(25-29-38)40-18-11-21-47-48(40)42-17-8-10-20-46(42)51-47)39-30-31-45-43(32-39)41-16-7-9-19-44(41)50(45)36-14-5-2-6-15-36;1-2-11-30(12-3-1)31-21-25-34(26-22-31)45(41-29-33-13-4-5-14-36(33)38-15-6-7-16-39(38)41)35-27-23-32(24-28-35)37-18-10-20-43-44(37)40-17-8-9-19-42(40)46-43/h1-32H;1-29H. The molecule has 0 aliphatic heterocycles. The molecule has 3 aromatic heterocycles. The van der Waals surface area contributed by atoms with E-state index >= 15 is 0 Å². The van der Waals surface area contributed by atoms with Crippen LogP contribution in [0.15, 0.2) is 379 Å². The lowest BCUT2D eigenvalue weighted by atomic mass is 9.97. The Balaban J connectivity index is 0.000000142. The zero-order valence-electron chi connectivity index (χ0n) is 52.9. The monoisotopic (exact) mass is 1240 g/mol. The Morgan fingerprint density at radius 1 is 0.216 bits per heavy atom. The van der Waals surface area contributed by atoms with Gasteiger partial charge in [-0.2, -0.15) is 0 Å². The average Bonchev–Trinajstić information content (AvgIpc) is 1.74. The summed E-state index contributed by atoms with van der Waals surface area (Å²) in [5, 5.41) is 12.0. The van der Waals surface area contributed by atoms with Gasteiger partial charge in [-0.05, 0) is 176 Å². The molecule has 19 rings (SSSR count). The van der Waals surface area contributed by atoms with Crippen LogP contribution in [0.1, 0.15) is 0 Å². The number of hydrogen-bond acceptors (Lipinski definition) is 4. The second-order valence-electron chi connectivity index (χ2n) is 24.7. The maximum absolute atomic E-state index is 6.22. The van der Waals surface area contributed by atoms with Crippen LogP contribution in [0.3, 0.4) is 0 Å². The van der Waals surface area contributed by atoms with Crippen molar-refractivity contribution in [1.82, 2.24) is 4.57 Å². The summed E-state index contributed by atoms with van der Waals surface area (Å²) in [5.74, 6) is 0. The topological polar surface area (TPSA) is 37.7 Å². The lowest BCUT2D eigenvalue weighted by Crippen LogP contribution is -2.10. The van der Waals surface area contributed by atoms with Crippen molar-refractivity contribution in [2.45, 2.75) is 0 Å². The molecule has 0 N–H and O–H groups in total. The fourth-order valence-electron chi connectivity index (χ4n) is 14.5. The van der Waals surface area contributed by atoms with Gasteiger partial charge in [-0.25, -0.2) is 0 Å². The Kier molecular flexibility index (Phi) is 14.1. The molecule has 97 heavy (non-hydrogen) atoms. The second kappa shape index (κ2) is 24.2. The van der Waals surface area contributed by atoms with Crippen LogP contribution in [0.2, 0.25) is 0 Å². The van der Waals surface area contributed by atoms with E-state index < -0.39 is 0 Å². The molecule has 0 fully saturated rings. The van der Waals surface area contributed by atoms with Crippen molar-refractivity contribution in [1.29, 1.82) is 0 Å². The van der Waals surface area contributed by atoms with Crippen molar-refractivity contribution >= 4 is 121 Å². The minimum Gasteiger partial charge on any atom is -0.456 e. The minimum absolute atomic E-state index is 0.904. The Hall–Kier alpha value is -13.0. The highest BCUT2D eigenvalue weighted by molar-refractivity contribution is 6.16. The number of nitrogens with zero attached hydrogens (tertiary/aromatic N) is 3. The highest BCUT2D eigenvalue weighted by Crippen LogP contribution is 2.46.